The highest BCUT2D eigenvalue weighted by molar-refractivity contribution is 6.39. The highest BCUT2D eigenvalue weighted by Gasteiger charge is 2.19. The first kappa shape index (κ1) is 18.2. The van der Waals surface area contributed by atoms with Gasteiger partial charge in [0.1, 0.15) is 18.7 Å². The van der Waals surface area contributed by atoms with Crippen LogP contribution in [-0.4, -0.2) is 33.2 Å². The summed E-state index contributed by atoms with van der Waals surface area (Å²) in [6.45, 7) is 7.72. The van der Waals surface area contributed by atoms with E-state index in [2.05, 4.69) is 27.4 Å². The van der Waals surface area contributed by atoms with Crippen LogP contribution in [0.3, 0.4) is 0 Å². The molecule has 0 unspecified atom stereocenters. The molecule has 25 heavy (non-hydrogen) atoms. The molecule has 1 atom stereocenters. The lowest BCUT2D eigenvalue weighted by Gasteiger charge is -2.13. The minimum atomic E-state index is -0.772. The van der Waals surface area contributed by atoms with Crippen molar-refractivity contribution < 1.29 is 14.3 Å². The van der Waals surface area contributed by atoms with E-state index in [-0.39, 0.29) is 0 Å². The van der Waals surface area contributed by atoms with Gasteiger partial charge in [0.05, 0.1) is 6.04 Å². The Morgan fingerprint density at radius 2 is 2.12 bits per heavy atom. The Balaban J connectivity index is 1.94. The van der Waals surface area contributed by atoms with Crippen LogP contribution in [0, 0.1) is 0 Å². The molecule has 0 radical (unpaired) electrons. The van der Waals surface area contributed by atoms with E-state index in [9.17, 15) is 9.59 Å². The number of hydrogen-bond donors (Lipinski definition) is 2. The number of carbonyl (C=O) groups excluding carboxylic acids is 2. The zero-order chi connectivity index (χ0) is 18.4. The second-order valence-electron chi connectivity index (χ2n) is 5.72. The van der Waals surface area contributed by atoms with E-state index in [1.165, 1.54) is 6.33 Å². The van der Waals surface area contributed by atoms with Gasteiger partial charge in [-0.15, -0.1) is 10.2 Å². The third-order valence-corrected chi connectivity index (χ3v) is 3.26. The summed E-state index contributed by atoms with van der Waals surface area (Å²) in [4.78, 5) is 24.1. The summed E-state index contributed by atoms with van der Waals surface area (Å²) in [6, 6.07) is 6.35. The second kappa shape index (κ2) is 8.09. The van der Waals surface area contributed by atoms with E-state index in [0.717, 1.165) is 5.57 Å². The number of amides is 2. The van der Waals surface area contributed by atoms with Crippen LogP contribution >= 0.6 is 0 Å². The maximum Gasteiger partial charge on any atom is 0.313 e. The number of carbonyl (C=O) groups is 2. The molecule has 0 fully saturated rings. The van der Waals surface area contributed by atoms with Crippen molar-refractivity contribution in [3.8, 4) is 5.75 Å². The minimum absolute atomic E-state index is 0.382. The van der Waals surface area contributed by atoms with Gasteiger partial charge in [0.25, 0.3) is 0 Å². The summed E-state index contributed by atoms with van der Waals surface area (Å²) >= 11 is 0. The lowest BCUT2D eigenvalue weighted by Crippen LogP contribution is -2.37. The first-order valence-corrected chi connectivity index (χ1v) is 7.70. The maximum atomic E-state index is 12.1. The van der Waals surface area contributed by atoms with Crippen LogP contribution in [0.1, 0.15) is 25.7 Å². The molecule has 2 N–H and O–H groups in total. The van der Waals surface area contributed by atoms with Crippen LogP contribution in [0.15, 0.2) is 42.7 Å². The molecule has 132 valence electrons. The maximum absolute atomic E-state index is 12.1. The third kappa shape index (κ3) is 5.17. The number of nitrogens with zero attached hydrogens (tertiary/aromatic N) is 3. The van der Waals surface area contributed by atoms with Gasteiger partial charge in [0.2, 0.25) is 0 Å². The topological polar surface area (TPSA) is 98.1 Å². The largest absolute Gasteiger partial charge is 0.489 e. The fraction of sp³-hybridized carbons (Fsp3) is 0.294. The average Bonchev–Trinajstić information content (AvgIpc) is 2.99. The van der Waals surface area contributed by atoms with Gasteiger partial charge >= 0.3 is 11.8 Å². The quantitative estimate of drug-likeness (QED) is 0.613. The van der Waals surface area contributed by atoms with Crippen molar-refractivity contribution in [1.82, 2.24) is 20.1 Å². The zero-order valence-electron chi connectivity index (χ0n) is 14.4. The molecule has 0 aliphatic carbocycles. The fourth-order valence-electron chi connectivity index (χ4n) is 2.07. The Kier molecular flexibility index (Phi) is 5.89. The van der Waals surface area contributed by atoms with Crippen molar-refractivity contribution in [2.24, 2.45) is 7.05 Å². The lowest BCUT2D eigenvalue weighted by molar-refractivity contribution is -0.136. The molecular weight excluding hydrogens is 322 g/mol. The molecule has 0 aliphatic rings. The SMILES string of the molecule is C=C(C)COc1cccc(NC(=O)C(=O)N[C@H](C)c2nncn2C)c1. The molecule has 1 aromatic carbocycles. The highest BCUT2D eigenvalue weighted by Crippen LogP contribution is 2.18. The number of aryl methyl sites for hydroxylation is 1. The van der Waals surface area contributed by atoms with E-state index in [0.29, 0.717) is 23.9 Å². The van der Waals surface area contributed by atoms with E-state index in [1.54, 1.807) is 42.8 Å². The van der Waals surface area contributed by atoms with Crippen LogP contribution < -0.4 is 15.4 Å². The molecule has 1 heterocycles. The monoisotopic (exact) mass is 343 g/mol. The van der Waals surface area contributed by atoms with E-state index < -0.39 is 17.9 Å². The van der Waals surface area contributed by atoms with Crippen LogP contribution in [0.5, 0.6) is 5.75 Å². The smallest absolute Gasteiger partial charge is 0.313 e. The van der Waals surface area contributed by atoms with Gasteiger partial charge in [-0.05, 0) is 31.6 Å². The molecule has 0 saturated heterocycles. The van der Waals surface area contributed by atoms with Gasteiger partial charge in [-0.25, -0.2) is 0 Å². The van der Waals surface area contributed by atoms with Gasteiger partial charge in [0.15, 0.2) is 5.82 Å². The summed E-state index contributed by atoms with van der Waals surface area (Å²) in [5.74, 6) is -0.403. The zero-order valence-corrected chi connectivity index (χ0v) is 14.4. The molecule has 0 saturated carbocycles. The van der Waals surface area contributed by atoms with Crippen LogP contribution in [0.2, 0.25) is 0 Å². The molecule has 2 rings (SSSR count). The molecule has 0 aliphatic heterocycles. The minimum Gasteiger partial charge on any atom is -0.489 e. The molecule has 0 spiro atoms. The highest BCUT2D eigenvalue weighted by atomic mass is 16.5. The normalized spacial score (nSPS) is 11.5. The van der Waals surface area contributed by atoms with Crippen molar-refractivity contribution in [1.29, 1.82) is 0 Å². The molecular formula is C17H21N5O3. The van der Waals surface area contributed by atoms with Crippen LogP contribution in [0.25, 0.3) is 0 Å². The van der Waals surface area contributed by atoms with Gasteiger partial charge in [-0.2, -0.15) is 0 Å². The Morgan fingerprint density at radius 1 is 1.36 bits per heavy atom. The summed E-state index contributed by atoms with van der Waals surface area (Å²) in [5, 5.41) is 12.8. The summed E-state index contributed by atoms with van der Waals surface area (Å²) < 4.78 is 7.18. The van der Waals surface area contributed by atoms with Gasteiger partial charge in [-0.1, -0.05) is 12.6 Å². The lowest BCUT2D eigenvalue weighted by atomic mass is 10.3. The number of anilines is 1. The molecule has 0 bridgehead atoms. The molecule has 1 aromatic heterocycles. The van der Waals surface area contributed by atoms with Crippen molar-refractivity contribution in [2.45, 2.75) is 19.9 Å². The van der Waals surface area contributed by atoms with Crippen molar-refractivity contribution in [2.75, 3.05) is 11.9 Å². The van der Waals surface area contributed by atoms with Crippen LogP contribution in [0.4, 0.5) is 5.69 Å². The number of ether oxygens (including phenoxy) is 1. The van der Waals surface area contributed by atoms with Gasteiger partial charge in [-0.3, -0.25) is 9.59 Å². The average molecular weight is 343 g/mol. The number of nitrogens with one attached hydrogen (secondary N) is 2. The third-order valence-electron chi connectivity index (χ3n) is 3.26. The predicted molar refractivity (Wildman–Crippen MR) is 92.9 cm³/mol. The first-order valence-electron chi connectivity index (χ1n) is 7.70. The second-order valence-corrected chi connectivity index (χ2v) is 5.72. The molecule has 8 nitrogen and oxygen atoms in total. The fourth-order valence-corrected chi connectivity index (χ4v) is 2.07. The van der Waals surface area contributed by atoms with E-state index in [1.807, 2.05) is 6.92 Å². The van der Waals surface area contributed by atoms with Gasteiger partial charge in [0, 0.05) is 18.8 Å². The van der Waals surface area contributed by atoms with Crippen LogP contribution in [-0.2, 0) is 16.6 Å². The van der Waals surface area contributed by atoms with E-state index in [4.69, 9.17) is 4.74 Å². The van der Waals surface area contributed by atoms with E-state index >= 15 is 0 Å². The Labute approximate surface area is 145 Å². The molecule has 8 heteroatoms. The van der Waals surface area contributed by atoms with Gasteiger partial charge < -0.3 is 19.9 Å². The molecule has 2 aromatic rings. The summed E-state index contributed by atoms with van der Waals surface area (Å²) in [5.41, 5.74) is 1.34. The number of hydrogen-bond acceptors (Lipinski definition) is 5. The molecule has 2 amide bonds. The first-order chi connectivity index (χ1) is 11.9. The standard InChI is InChI=1S/C17H21N5O3/c1-11(2)9-25-14-7-5-6-13(8-14)20-17(24)16(23)19-12(3)15-21-18-10-22(15)4/h5-8,10,12H,1,9H2,2-4H3,(H,19,23)(H,20,24)/t12-/m1/s1. The predicted octanol–water partition coefficient (Wildman–Crippen LogP) is 1.59. The number of benzene rings is 1. The number of rotatable bonds is 6. The van der Waals surface area contributed by atoms with Crippen molar-refractivity contribution >= 4 is 17.5 Å². The Hall–Kier alpha value is -3.16. The Bertz CT molecular complexity index is 784. The Morgan fingerprint density at radius 3 is 2.76 bits per heavy atom. The summed E-state index contributed by atoms with van der Waals surface area (Å²) in [7, 11) is 1.76. The summed E-state index contributed by atoms with van der Waals surface area (Å²) in [6.07, 6.45) is 1.52. The van der Waals surface area contributed by atoms with Crippen molar-refractivity contribution in [3.05, 3.63) is 48.6 Å². The van der Waals surface area contributed by atoms with Crippen molar-refractivity contribution in [3.63, 3.8) is 0 Å². The number of aromatic nitrogens is 3.